The molecule has 7 nitrogen and oxygen atoms in total. The Labute approximate surface area is 146 Å². The molecule has 3 heterocycles. The van der Waals surface area contributed by atoms with E-state index in [0.717, 1.165) is 16.7 Å². The molecule has 2 N–H and O–H groups in total. The van der Waals surface area contributed by atoms with Crippen molar-refractivity contribution in [2.75, 3.05) is 12.4 Å². The van der Waals surface area contributed by atoms with Crippen molar-refractivity contribution < 1.29 is 14.3 Å². The predicted molar refractivity (Wildman–Crippen MR) is 94.0 cm³/mol. The SMILES string of the molecule is COC(=O)c1sccc1NC(=O)C(C#N)=Cc1c[nH]c2ncccc12. The van der Waals surface area contributed by atoms with Crippen LogP contribution in [0.1, 0.15) is 15.2 Å². The molecule has 124 valence electrons. The minimum atomic E-state index is -0.607. The molecule has 0 fully saturated rings. The summed E-state index contributed by atoms with van der Waals surface area (Å²) in [6.45, 7) is 0. The molecule has 0 saturated heterocycles. The second-order valence-corrected chi connectivity index (χ2v) is 5.84. The summed E-state index contributed by atoms with van der Waals surface area (Å²) in [5.74, 6) is -1.15. The van der Waals surface area contributed by atoms with E-state index in [2.05, 4.69) is 20.0 Å². The normalized spacial score (nSPS) is 11.1. The number of pyridine rings is 1. The zero-order valence-electron chi connectivity index (χ0n) is 13.1. The number of nitriles is 1. The highest BCUT2D eigenvalue weighted by atomic mass is 32.1. The first-order chi connectivity index (χ1) is 12.1. The number of methoxy groups -OCH3 is 1. The van der Waals surface area contributed by atoms with Crippen molar-refractivity contribution in [2.24, 2.45) is 0 Å². The fourth-order valence-electron chi connectivity index (χ4n) is 2.25. The fourth-order valence-corrected chi connectivity index (χ4v) is 3.01. The van der Waals surface area contributed by atoms with Gasteiger partial charge < -0.3 is 15.0 Å². The minimum absolute atomic E-state index is 0.0910. The van der Waals surface area contributed by atoms with Crippen molar-refractivity contribution in [3.05, 3.63) is 52.0 Å². The van der Waals surface area contributed by atoms with E-state index in [1.807, 2.05) is 12.1 Å². The lowest BCUT2D eigenvalue weighted by Gasteiger charge is -2.04. The third-order valence-electron chi connectivity index (χ3n) is 3.43. The van der Waals surface area contributed by atoms with Crippen LogP contribution in [0.2, 0.25) is 0 Å². The number of aromatic amines is 1. The number of carbonyl (C=O) groups is 2. The average molecular weight is 352 g/mol. The number of hydrogen-bond donors (Lipinski definition) is 2. The van der Waals surface area contributed by atoms with E-state index in [1.54, 1.807) is 29.9 Å². The smallest absolute Gasteiger partial charge is 0.350 e. The highest BCUT2D eigenvalue weighted by molar-refractivity contribution is 7.12. The summed E-state index contributed by atoms with van der Waals surface area (Å²) in [5, 5.41) is 14.4. The van der Waals surface area contributed by atoms with Crippen LogP contribution in [-0.2, 0) is 9.53 Å². The third-order valence-corrected chi connectivity index (χ3v) is 4.33. The Kier molecular flexibility index (Phi) is 4.59. The van der Waals surface area contributed by atoms with Gasteiger partial charge in [-0.25, -0.2) is 9.78 Å². The van der Waals surface area contributed by atoms with E-state index in [4.69, 9.17) is 0 Å². The van der Waals surface area contributed by atoms with Gasteiger partial charge in [0, 0.05) is 23.3 Å². The largest absolute Gasteiger partial charge is 0.465 e. The number of thiophene rings is 1. The number of ether oxygens (including phenoxy) is 1. The van der Waals surface area contributed by atoms with Crippen LogP contribution in [0, 0.1) is 11.3 Å². The molecule has 0 atom stereocenters. The molecular formula is C17H12N4O3S. The van der Waals surface area contributed by atoms with Crippen LogP contribution in [0.25, 0.3) is 17.1 Å². The molecule has 0 aliphatic carbocycles. The van der Waals surface area contributed by atoms with Gasteiger partial charge in [-0.15, -0.1) is 11.3 Å². The molecule has 0 aliphatic heterocycles. The Morgan fingerprint density at radius 3 is 3.04 bits per heavy atom. The zero-order valence-corrected chi connectivity index (χ0v) is 13.9. The number of H-pyrrole nitrogens is 1. The molecule has 0 unspecified atom stereocenters. The molecule has 0 radical (unpaired) electrons. The number of amides is 1. The first-order valence-electron chi connectivity index (χ1n) is 7.15. The molecule has 3 rings (SSSR count). The van der Waals surface area contributed by atoms with Crippen LogP contribution < -0.4 is 5.32 Å². The third kappa shape index (κ3) is 3.27. The number of fused-ring (bicyclic) bond motifs is 1. The molecule has 0 aliphatic rings. The zero-order chi connectivity index (χ0) is 17.8. The van der Waals surface area contributed by atoms with E-state index in [1.165, 1.54) is 13.2 Å². The lowest BCUT2D eigenvalue weighted by atomic mass is 10.1. The number of anilines is 1. The second-order valence-electron chi connectivity index (χ2n) is 4.92. The quantitative estimate of drug-likeness (QED) is 0.426. The average Bonchev–Trinajstić information content (AvgIpc) is 3.26. The molecule has 25 heavy (non-hydrogen) atoms. The summed E-state index contributed by atoms with van der Waals surface area (Å²) in [6, 6.07) is 7.08. The minimum Gasteiger partial charge on any atom is -0.465 e. The summed E-state index contributed by atoms with van der Waals surface area (Å²) in [4.78, 5) is 31.5. The van der Waals surface area contributed by atoms with Gasteiger partial charge in [-0.1, -0.05) is 0 Å². The van der Waals surface area contributed by atoms with Gasteiger partial charge in [-0.3, -0.25) is 4.79 Å². The number of hydrogen-bond acceptors (Lipinski definition) is 6. The molecule has 3 aromatic heterocycles. The lowest BCUT2D eigenvalue weighted by Crippen LogP contribution is -2.15. The van der Waals surface area contributed by atoms with Crippen molar-refractivity contribution in [1.29, 1.82) is 5.26 Å². The predicted octanol–water partition coefficient (Wildman–Crippen LogP) is 2.96. The number of carbonyl (C=O) groups excluding carboxylic acids is 2. The lowest BCUT2D eigenvalue weighted by molar-refractivity contribution is -0.112. The Morgan fingerprint density at radius 2 is 2.28 bits per heavy atom. The molecule has 0 saturated carbocycles. The number of nitrogens with one attached hydrogen (secondary N) is 2. The van der Waals surface area contributed by atoms with Crippen molar-refractivity contribution in [2.45, 2.75) is 0 Å². The van der Waals surface area contributed by atoms with Gasteiger partial charge in [0.05, 0.1) is 12.8 Å². The molecule has 0 spiro atoms. The molecule has 0 bridgehead atoms. The van der Waals surface area contributed by atoms with E-state index in [9.17, 15) is 14.9 Å². The van der Waals surface area contributed by atoms with Crippen LogP contribution in [0.5, 0.6) is 0 Å². The van der Waals surface area contributed by atoms with Crippen LogP contribution in [-0.4, -0.2) is 29.0 Å². The Hall–Kier alpha value is -3.44. The maximum atomic E-state index is 12.4. The van der Waals surface area contributed by atoms with E-state index in [0.29, 0.717) is 16.9 Å². The van der Waals surface area contributed by atoms with Gasteiger partial charge in [0.15, 0.2) is 0 Å². The van der Waals surface area contributed by atoms with Gasteiger partial charge >= 0.3 is 5.97 Å². The summed E-state index contributed by atoms with van der Waals surface area (Å²) < 4.78 is 4.67. The Bertz CT molecular complexity index is 1030. The Morgan fingerprint density at radius 1 is 1.44 bits per heavy atom. The highest BCUT2D eigenvalue weighted by Gasteiger charge is 2.18. The Balaban J connectivity index is 1.89. The van der Waals surface area contributed by atoms with E-state index < -0.39 is 11.9 Å². The summed E-state index contributed by atoms with van der Waals surface area (Å²) in [5.41, 5.74) is 1.56. The standard InChI is InChI=1S/C17H12N4O3S/c1-24-17(23)14-13(4-6-25-14)21-16(22)10(8-18)7-11-9-20-15-12(11)3-2-5-19-15/h2-7,9H,1H3,(H,19,20)(H,21,22). The first kappa shape index (κ1) is 16.4. The van der Waals surface area contributed by atoms with Crippen LogP contribution in [0.15, 0.2) is 41.5 Å². The summed E-state index contributed by atoms with van der Waals surface area (Å²) in [6.07, 6.45) is 4.79. The van der Waals surface area contributed by atoms with Crippen LogP contribution in [0.3, 0.4) is 0 Å². The number of rotatable bonds is 4. The topological polar surface area (TPSA) is 108 Å². The van der Waals surface area contributed by atoms with Gasteiger partial charge in [-0.2, -0.15) is 5.26 Å². The van der Waals surface area contributed by atoms with E-state index >= 15 is 0 Å². The van der Waals surface area contributed by atoms with E-state index in [-0.39, 0.29) is 10.5 Å². The second kappa shape index (κ2) is 6.98. The maximum absolute atomic E-state index is 12.4. The number of esters is 1. The highest BCUT2D eigenvalue weighted by Crippen LogP contribution is 2.24. The fraction of sp³-hybridized carbons (Fsp3) is 0.0588. The molecule has 1 amide bonds. The van der Waals surface area contributed by atoms with Crippen molar-refractivity contribution >= 4 is 46.0 Å². The van der Waals surface area contributed by atoms with Gasteiger partial charge in [0.2, 0.25) is 0 Å². The van der Waals surface area contributed by atoms with Crippen LogP contribution >= 0.6 is 11.3 Å². The van der Waals surface area contributed by atoms with Crippen molar-refractivity contribution in [3.8, 4) is 6.07 Å². The monoisotopic (exact) mass is 352 g/mol. The van der Waals surface area contributed by atoms with Crippen LogP contribution in [0.4, 0.5) is 5.69 Å². The maximum Gasteiger partial charge on any atom is 0.350 e. The summed E-state index contributed by atoms with van der Waals surface area (Å²) in [7, 11) is 1.26. The molecule has 8 heteroatoms. The van der Waals surface area contributed by atoms with Crippen molar-refractivity contribution in [1.82, 2.24) is 9.97 Å². The van der Waals surface area contributed by atoms with Gasteiger partial charge in [-0.05, 0) is 29.7 Å². The molecule has 3 aromatic rings. The van der Waals surface area contributed by atoms with Crippen molar-refractivity contribution in [3.63, 3.8) is 0 Å². The number of nitrogens with zero attached hydrogens (tertiary/aromatic N) is 2. The van der Waals surface area contributed by atoms with Gasteiger partial charge in [0.1, 0.15) is 22.2 Å². The summed E-state index contributed by atoms with van der Waals surface area (Å²) >= 11 is 1.15. The molecular weight excluding hydrogens is 340 g/mol. The first-order valence-corrected chi connectivity index (χ1v) is 8.03. The number of aromatic nitrogens is 2. The van der Waals surface area contributed by atoms with Gasteiger partial charge in [0.25, 0.3) is 5.91 Å². The molecule has 0 aromatic carbocycles.